The Morgan fingerprint density at radius 1 is 1.47 bits per heavy atom. The van der Waals surface area contributed by atoms with E-state index in [9.17, 15) is 0 Å². The van der Waals surface area contributed by atoms with Gasteiger partial charge in [-0.15, -0.1) is 5.10 Å². The van der Waals surface area contributed by atoms with Gasteiger partial charge in [-0.1, -0.05) is 22.2 Å². The molecule has 1 aromatic heterocycles. The fourth-order valence-corrected chi connectivity index (χ4v) is 2.17. The second kappa shape index (κ2) is 5.33. The van der Waals surface area contributed by atoms with Gasteiger partial charge in [0.05, 0.1) is 5.02 Å². The minimum atomic E-state index is 0.357. The van der Waals surface area contributed by atoms with E-state index < -0.39 is 0 Å². The minimum Gasteiger partial charge on any atom is -0.486 e. The summed E-state index contributed by atoms with van der Waals surface area (Å²) >= 11 is 7.38. The molecule has 0 radical (unpaired) electrons. The van der Waals surface area contributed by atoms with Crippen molar-refractivity contribution in [2.24, 2.45) is 0 Å². The molecule has 0 aliphatic rings. The SMILES string of the molecule is CNc1snnc1COc1ccc(C)cc1Cl. The Morgan fingerprint density at radius 2 is 2.29 bits per heavy atom. The van der Waals surface area contributed by atoms with Crippen molar-refractivity contribution in [1.82, 2.24) is 9.59 Å². The number of hydrogen-bond acceptors (Lipinski definition) is 5. The lowest BCUT2D eigenvalue weighted by molar-refractivity contribution is 0.302. The predicted molar refractivity (Wildman–Crippen MR) is 70.0 cm³/mol. The second-order valence-electron chi connectivity index (χ2n) is 3.52. The number of nitrogens with zero attached hydrogens (tertiary/aromatic N) is 2. The van der Waals surface area contributed by atoms with Gasteiger partial charge in [-0.2, -0.15) is 0 Å². The highest BCUT2D eigenvalue weighted by Crippen LogP contribution is 2.27. The van der Waals surface area contributed by atoms with Crippen LogP contribution < -0.4 is 10.1 Å². The zero-order valence-electron chi connectivity index (χ0n) is 9.53. The van der Waals surface area contributed by atoms with Gasteiger partial charge in [-0.3, -0.25) is 0 Å². The Kier molecular flexibility index (Phi) is 3.81. The number of halogens is 1. The highest BCUT2D eigenvalue weighted by Gasteiger charge is 2.08. The van der Waals surface area contributed by atoms with Crippen molar-refractivity contribution >= 4 is 28.1 Å². The van der Waals surface area contributed by atoms with Crippen LogP contribution in [0.25, 0.3) is 0 Å². The number of anilines is 1. The number of hydrogen-bond donors (Lipinski definition) is 1. The highest BCUT2D eigenvalue weighted by molar-refractivity contribution is 7.10. The van der Waals surface area contributed by atoms with Gasteiger partial charge < -0.3 is 10.1 Å². The van der Waals surface area contributed by atoms with E-state index in [1.165, 1.54) is 11.5 Å². The summed E-state index contributed by atoms with van der Waals surface area (Å²) in [4.78, 5) is 0. The van der Waals surface area contributed by atoms with E-state index in [0.29, 0.717) is 17.4 Å². The van der Waals surface area contributed by atoms with Crippen molar-refractivity contribution in [3.63, 3.8) is 0 Å². The monoisotopic (exact) mass is 269 g/mol. The van der Waals surface area contributed by atoms with E-state index in [2.05, 4.69) is 14.9 Å². The Bertz CT molecular complexity index is 515. The summed E-state index contributed by atoms with van der Waals surface area (Å²) in [5, 5.41) is 8.52. The molecule has 17 heavy (non-hydrogen) atoms. The standard InChI is InChI=1S/C11H12ClN3OS/c1-7-3-4-10(8(12)5-7)16-6-9-11(13-2)17-15-14-9/h3-5,13H,6H2,1-2H3. The van der Waals surface area contributed by atoms with E-state index in [1.807, 2.05) is 32.2 Å². The molecule has 4 nitrogen and oxygen atoms in total. The summed E-state index contributed by atoms with van der Waals surface area (Å²) < 4.78 is 9.47. The Labute approximate surface area is 109 Å². The van der Waals surface area contributed by atoms with E-state index in [-0.39, 0.29) is 0 Å². The van der Waals surface area contributed by atoms with Gasteiger partial charge in [-0.05, 0) is 24.6 Å². The van der Waals surface area contributed by atoms with E-state index >= 15 is 0 Å². The molecule has 2 rings (SSSR count). The maximum absolute atomic E-state index is 6.07. The molecule has 0 saturated heterocycles. The number of aryl methyl sites for hydroxylation is 1. The van der Waals surface area contributed by atoms with E-state index in [1.54, 1.807) is 0 Å². The van der Waals surface area contributed by atoms with Crippen molar-refractivity contribution in [2.75, 3.05) is 12.4 Å². The van der Waals surface area contributed by atoms with Crippen LogP contribution in [0.3, 0.4) is 0 Å². The Morgan fingerprint density at radius 3 is 3.00 bits per heavy atom. The number of rotatable bonds is 4. The lowest BCUT2D eigenvalue weighted by Gasteiger charge is -2.07. The number of aromatic nitrogens is 2. The first-order valence-electron chi connectivity index (χ1n) is 5.08. The third kappa shape index (κ3) is 2.87. The van der Waals surface area contributed by atoms with Crippen LogP contribution in [0.15, 0.2) is 18.2 Å². The molecule has 6 heteroatoms. The van der Waals surface area contributed by atoms with Crippen LogP contribution in [0.2, 0.25) is 5.02 Å². The van der Waals surface area contributed by atoms with Crippen LogP contribution in [0.4, 0.5) is 5.00 Å². The molecule has 1 N–H and O–H groups in total. The molecule has 0 atom stereocenters. The van der Waals surface area contributed by atoms with Crippen LogP contribution >= 0.6 is 23.1 Å². The highest BCUT2D eigenvalue weighted by atomic mass is 35.5. The van der Waals surface area contributed by atoms with Gasteiger partial charge in [0, 0.05) is 18.6 Å². The maximum atomic E-state index is 6.07. The molecular formula is C11H12ClN3OS. The van der Waals surface area contributed by atoms with Crippen molar-refractivity contribution in [3.05, 3.63) is 34.5 Å². The lowest BCUT2D eigenvalue weighted by atomic mass is 10.2. The zero-order valence-corrected chi connectivity index (χ0v) is 11.1. The van der Waals surface area contributed by atoms with Gasteiger partial charge >= 0.3 is 0 Å². The maximum Gasteiger partial charge on any atom is 0.138 e. The average Bonchev–Trinajstić information content (AvgIpc) is 2.75. The molecule has 2 aromatic rings. The molecule has 0 spiro atoms. The lowest BCUT2D eigenvalue weighted by Crippen LogP contribution is -2.00. The van der Waals surface area contributed by atoms with Crippen LogP contribution in [-0.4, -0.2) is 16.6 Å². The summed E-state index contributed by atoms with van der Waals surface area (Å²) in [5.41, 5.74) is 1.89. The average molecular weight is 270 g/mol. The molecule has 0 amide bonds. The molecule has 1 heterocycles. The zero-order chi connectivity index (χ0) is 12.3. The molecule has 0 unspecified atom stereocenters. The van der Waals surface area contributed by atoms with Gasteiger partial charge in [-0.25, -0.2) is 0 Å². The second-order valence-corrected chi connectivity index (χ2v) is 4.68. The fraction of sp³-hybridized carbons (Fsp3) is 0.273. The topological polar surface area (TPSA) is 47.0 Å². The van der Waals surface area contributed by atoms with Gasteiger partial charge in [0.25, 0.3) is 0 Å². The molecule has 0 bridgehead atoms. The van der Waals surface area contributed by atoms with E-state index in [0.717, 1.165) is 16.3 Å². The van der Waals surface area contributed by atoms with Crippen LogP contribution in [0.1, 0.15) is 11.3 Å². The minimum absolute atomic E-state index is 0.357. The smallest absolute Gasteiger partial charge is 0.138 e. The summed E-state index contributed by atoms with van der Waals surface area (Å²) in [6.07, 6.45) is 0. The predicted octanol–water partition coefficient (Wildman–Crippen LogP) is 3.12. The fourth-order valence-electron chi connectivity index (χ4n) is 1.36. The first-order valence-corrected chi connectivity index (χ1v) is 6.24. The van der Waals surface area contributed by atoms with Gasteiger partial charge in [0.1, 0.15) is 23.1 Å². The quantitative estimate of drug-likeness (QED) is 0.926. The Hall–Kier alpha value is -1.33. The summed E-state index contributed by atoms with van der Waals surface area (Å²) in [6.45, 7) is 2.34. The van der Waals surface area contributed by atoms with Crippen molar-refractivity contribution in [1.29, 1.82) is 0 Å². The van der Waals surface area contributed by atoms with Crippen molar-refractivity contribution in [2.45, 2.75) is 13.5 Å². The summed E-state index contributed by atoms with van der Waals surface area (Å²) in [7, 11) is 1.83. The third-order valence-corrected chi connectivity index (χ3v) is 3.32. The van der Waals surface area contributed by atoms with Crippen molar-refractivity contribution in [3.8, 4) is 5.75 Å². The molecule has 0 fully saturated rings. The van der Waals surface area contributed by atoms with Gasteiger partial charge in [0.15, 0.2) is 0 Å². The molecule has 90 valence electrons. The first kappa shape index (κ1) is 12.1. The molecular weight excluding hydrogens is 258 g/mol. The number of ether oxygens (including phenoxy) is 1. The van der Waals surface area contributed by atoms with Crippen LogP contribution in [0.5, 0.6) is 5.75 Å². The molecule has 0 aliphatic heterocycles. The molecule has 0 aliphatic carbocycles. The van der Waals surface area contributed by atoms with Crippen molar-refractivity contribution < 1.29 is 4.74 Å². The third-order valence-electron chi connectivity index (χ3n) is 2.23. The normalized spacial score (nSPS) is 10.3. The first-order chi connectivity index (χ1) is 8.20. The van der Waals surface area contributed by atoms with E-state index in [4.69, 9.17) is 16.3 Å². The van der Waals surface area contributed by atoms with Crippen LogP contribution in [0, 0.1) is 6.92 Å². The Balaban J connectivity index is 2.07. The summed E-state index contributed by atoms with van der Waals surface area (Å²) in [5.74, 6) is 0.660. The molecule has 1 aromatic carbocycles. The largest absolute Gasteiger partial charge is 0.486 e. The summed E-state index contributed by atoms with van der Waals surface area (Å²) in [6, 6.07) is 5.69. The number of benzene rings is 1. The van der Waals surface area contributed by atoms with Gasteiger partial charge in [0.2, 0.25) is 0 Å². The van der Waals surface area contributed by atoms with Crippen LogP contribution in [-0.2, 0) is 6.61 Å². The molecule has 0 saturated carbocycles. The number of nitrogens with one attached hydrogen (secondary N) is 1.